The summed E-state index contributed by atoms with van der Waals surface area (Å²) in [6.45, 7) is 4.54. The number of aryl methyl sites for hydroxylation is 1. The first-order chi connectivity index (χ1) is 18.7. The smallest absolute Gasteiger partial charge is 0.147 e. The fraction of sp³-hybridized carbons (Fsp3) is 0.108. The minimum Gasteiger partial charge on any atom is -0.147 e. The van der Waals surface area contributed by atoms with E-state index < -0.39 is 21.3 Å². The molecule has 0 bridgehead atoms. The molecule has 3 heteroatoms. The van der Waals surface area contributed by atoms with Gasteiger partial charge in [0.05, 0.1) is 0 Å². The van der Waals surface area contributed by atoms with Gasteiger partial charge in [-0.1, -0.05) is 0 Å². The maximum absolute atomic E-state index is 2.68. The number of halogens is 2. The van der Waals surface area contributed by atoms with Crippen LogP contribution in [0.25, 0.3) is 17.2 Å². The largest absolute Gasteiger partial charge is 0.147 e. The molecule has 0 aliphatic heterocycles. The molecule has 0 saturated carbocycles. The summed E-state index contributed by atoms with van der Waals surface area (Å²) in [5.74, 6) is 0. The Bertz CT molecular complexity index is 1650. The zero-order chi connectivity index (χ0) is 25.6. The molecule has 0 amide bonds. The first-order valence-electron chi connectivity index (χ1n) is 13.5. The molecule has 0 radical (unpaired) electrons. The average molecular weight is 639 g/mol. The van der Waals surface area contributed by atoms with Crippen molar-refractivity contribution < 1.29 is 21.3 Å². The minimum atomic E-state index is -2.68. The molecule has 5 aromatic carbocycles. The summed E-state index contributed by atoms with van der Waals surface area (Å²) >= 11 is -2.68. The molecule has 0 saturated heterocycles. The minimum absolute atomic E-state index is 0. The van der Waals surface area contributed by atoms with Crippen LogP contribution in [0.15, 0.2) is 127 Å². The third-order valence-corrected chi connectivity index (χ3v) is 17.3. The zero-order valence-electron chi connectivity index (χ0n) is 22.7. The molecule has 0 aromatic heterocycles. The van der Waals surface area contributed by atoms with E-state index in [2.05, 4.69) is 147 Å². The van der Waals surface area contributed by atoms with Crippen LogP contribution < -0.4 is 0 Å². The van der Waals surface area contributed by atoms with Crippen molar-refractivity contribution in [1.82, 2.24) is 0 Å². The maximum atomic E-state index is 2.57. The van der Waals surface area contributed by atoms with Crippen LogP contribution in [0.3, 0.4) is 0 Å². The molecule has 1 unspecified atom stereocenters. The van der Waals surface area contributed by atoms with Gasteiger partial charge in [0.1, 0.15) is 0 Å². The number of hydrogen-bond acceptors (Lipinski definition) is 0. The van der Waals surface area contributed by atoms with Crippen LogP contribution in [0.1, 0.15) is 51.8 Å². The Hall–Kier alpha value is -2.83. The van der Waals surface area contributed by atoms with Crippen molar-refractivity contribution in [3.8, 4) is 11.1 Å². The van der Waals surface area contributed by atoms with E-state index in [-0.39, 0.29) is 24.8 Å². The molecule has 0 nitrogen and oxygen atoms in total. The fourth-order valence-corrected chi connectivity index (χ4v) is 16.5. The van der Waals surface area contributed by atoms with Gasteiger partial charge >= 0.3 is 235 Å². The second kappa shape index (κ2) is 12.0. The van der Waals surface area contributed by atoms with Gasteiger partial charge in [-0.05, 0) is 0 Å². The number of benzene rings is 5. The summed E-state index contributed by atoms with van der Waals surface area (Å²) in [4.78, 5) is 0. The summed E-state index contributed by atoms with van der Waals surface area (Å²) < 4.78 is 2.53. The predicted molar refractivity (Wildman–Crippen MR) is 172 cm³/mol. The monoisotopic (exact) mass is 636 g/mol. The molecule has 198 valence electrons. The molecule has 2 aliphatic carbocycles. The van der Waals surface area contributed by atoms with E-state index in [0.29, 0.717) is 7.25 Å². The molecule has 40 heavy (non-hydrogen) atoms. The van der Waals surface area contributed by atoms with Crippen molar-refractivity contribution in [3.05, 3.63) is 172 Å². The summed E-state index contributed by atoms with van der Waals surface area (Å²) in [7, 11) is 0. The third-order valence-electron chi connectivity index (χ3n) is 8.50. The molecule has 0 heterocycles. The van der Waals surface area contributed by atoms with Gasteiger partial charge in [0, 0.05) is 0 Å². The Morgan fingerprint density at radius 2 is 1.05 bits per heavy atom. The molecule has 0 fully saturated rings. The Kier molecular flexibility index (Phi) is 8.58. The van der Waals surface area contributed by atoms with Crippen LogP contribution >= 0.6 is 24.8 Å². The van der Waals surface area contributed by atoms with E-state index in [1.165, 1.54) is 55.6 Å². The fourth-order valence-electron chi connectivity index (χ4n) is 6.60. The van der Waals surface area contributed by atoms with Crippen LogP contribution in [-0.4, -0.2) is 3.21 Å². The number of allylic oxidation sites excluding steroid dienone is 1. The van der Waals surface area contributed by atoms with Gasteiger partial charge in [0.15, 0.2) is 0 Å². The van der Waals surface area contributed by atoms with E-state index in [9.17, 15) is 0 Å². The van der Waals surface area contributed by atoms with E-state index in [0.717, 1.165) is 0 Å². The van der Waals surface area contributed by atoms with Crippen molar-refractivity contribution in [3.63, 3.8) is 0 Å². The van der Waals surface area contributed by atoms with Crippen molar-refractivity contribution in [2.75, 3.05) is 0 Å². The molecule has 2 aliphatic rings. The second-order valence-corrected chi connectivity index (χ2v) is 16.9. The normalized spacial score (nSPS) is 14.4. The number of fused-ring (bicyclic) bond motifs is 4. The van der Waals surface area contributed by atoms with Gasteiger partial charge in [0.25, 0.3) is 0 Å². The molecule has 7 rings (SSSR count). The van der Waals surface area contributed by atoms with Crippen molar-refractivity contribution >= 4 is 34.1 Å². The molecular formula is C37H32Cl2Zr. The van der Waals surface area contributed by atoms with Crippen LogP contribution in [-0.2, 0) is 21.3 Å². The topological polar surface area (TPSA) is 0 Å². The van der Waals surface area contributed by atoms with Gasteiger partial charge in [-0.2, -0.15) is 0 Å². The average Bonchev–Trinajstić information content (AvgIpc) is 3.55. The molecule has 1 atom stereocenters. The van der Waals surface area contributed by atoms with Crippen LogP contribution in [0.2, 0.25) is 0 Å². The standard InChI is InChI=1S/C13H9.C13H10.C11H11.2ClH.Zr/c1-3-7-12-10(5-1)9-11-6-2-4-8-13(11)12;1-3-7-12(8-4-1)11-13-9-5-2-6-10-13;1-8-6-7-10-4-3-5-11(10)9(8)2;;;/h1-9H;1-10H;3-7H,1-2H3;2*1H;. The van der Waals surface area contributed by atoms with Crippen LogP contribution in [0.5, 0.6) is 0 Å². The van der Waals surface area contributed by atoms with Gasteiger partial charge in [-0.25, -0.2) is 0 Å². The summed E-state index contributed by atoms with van der Waals surface area (Å²) in [6.07, 6.45) is 5.00. The summed E-state index contributed by atoms with van der Waals surface area (Å²) in [6, 6.07) is 45.7. The van der Waals surface area contributed by atoms with E-state index in [4.69, 9.17) is 0 Å². The Balaban J connectivity index is 0.00000161. The second-order valence-electron chi connectivity index (χ2n) is 10.5. The van der Waals surface area contributed by atoms with E-state index in [1.54, 1.807) is 3.21 Å². The van der Waals surface area contributed by atoms with Gasteiger partial charge in [-0.3, -0.25) is 0 Å². The van der Waals surface area contributed by atoms with Gasteiger partial charge < -0.3 is 0 Å². The van der Waals surface area contributed by atoms with Crippen molar-refractivity contribution in [2.45, 2.75) is 21.1 Å². The molecule has 0 spiro atoms. The SMILES string of the molecule is Cc1ccc2c(c1C)C=C[CH]2[Zr](=[C](c1ccccc1)c1ccccc1)[CH]1c2ccccc2-c2ccccc21.Cl.Cl. The summed E-state index contributed by atoms with van der Waals surface area (Å²) in [5, 5.41) is 0. The molecule has 0 N–H and O–H groups in total. The van der Waals surface area contributed by atoms with Crippen molar-refractivity contribution in [2.24, 2.45) is 0 Å². The third kappa shape index (κ3) is 4.73. The first-order valence-corrected chi connectivity index (χ1v) is 17.6. The molecular weight excluding hydrogens is 607 g/mol. The molecule has 5 aromatic rings. The van der Waals surface area contributed by atoms with Gasteiger partial charge in [-0.15, -0.1) is 24.8 Å². The van der Waals surface area contributed by atoms with Gasteiger partial charge in [0.2, 0.25) is 0 Å². The Labute approximate surface area is 257 Å². The Morgan fingerprint density at radius 3 is 1.60 bits per heavy atom. The van der Waals surface area contributed by atoms with E-state index >= 15 is 0 Å². The summed E-state index contributed by atoms with van der Waals surface area (Å²) in [5.41, 5.74) is 14.5. The van der Waals surface area contributed by atoms with Crippen LogP contribution in [0, 0.1) is 13.8 Å². The number of hydrogen-bond donors (Lipinski definition) is 0. The zero-order valence-corrected chi connectivity index (χ0v) is 26.8. The first kappa shape index (κ1) is 28.7. The maximum Gasteiger partial charge on any atom is -0.147 e. The quantitative estimate of drug-likeness (QED) is 0.184. The van der Waals surface area contributed by atoms with Crippen molar-refractivity contribution in [1.29, 1.82) is 0 Å². The number of rotatable bonds is 4. The van der Waals surface area contributed by atoms with Crippen LogP contribution in [0.4, 0.5) is 0 Å². The Morgan fingerprint density at radius 1 is 0.550 bits per heavy atom. The van der Waals surface area contributed by atoms with E-state index in [1.807, 2.05) is 0 Å². The predicted octanol–water partition coefficient (Wildman–Crippen LogP) is 9.87.